The van der Waals surface area contributed by atoms with Crippen molar-refractivity contribution in [3.8, 4) is 0 Å². The Morgan fingerprint density at radius 3 is 2.68 bits per heavy atom. The topological polar surface area (TPSA) is 95.1 Å². The molecule has 0 aliphatic heterocycles. The summed E-state index contributed by atoms with van der Waals surface area (Å²) < 4.78 is 27.1. The summed E-state index contributed by atoms with van der Waals surface area (Å²) in [6.07, 6.45) is -0.559. The van der Waals surface area contributed by atoms with E-state index in [1.165, 1.54) is 0 Å². The number of rotatable bonds is 5. The van der Waals surface area contributed by atoms with Crippen LogP contribution in [0.1, 0.15) is 28.5 Å². The standard InChI is InChI=1S/C17H13F2N3O3/c18-9-5-6-10(12(19)7-9)14(8-15(23)24)20-17(25)16-11-3-1-2-4-13(11)21-22-16/h1-7,14H,8H2,(H,20,25)(H,21,22)(H,23,24). The molecule has 0 saturated heterocycles. The van der Waals surface area contributed by atoms with Crippen LogP contribution in [0, 0.1) is 11.6 Å². The van der Waals surface area contributed by atoms with Gasteiger partial charge < -0.3 is 10.4 Å². The molecule has 0 bridgehead atoms. The van der Waals surface area contributed by atoms with E-state index in [1.54, 1.807) is 24.3 Å². The molecule has 25 heavy (non-hydrogen) atoms. The van der Waals surface area contributed by atoms with Crippen LogP contribution in [0.15, 0.2) is 42.5 Å². The van der Waals surface area contributed by atoms with Crippen LogP contribution >= 0.6 is 0 Å². The zero-order valence-electron chi connectivity index (χ0n) is 12.8. The van der Waals surface area contributed by atoms with Gasteiger partial charge in [-0.25, -0.2) is 8.78 Å². The summed E-state index contributed by atoms with van der Waals surface area (Å²) in [6, 6.07) is 8.49. The number of benzene rings is 2. The van der Waals surface area contributed by atoms with Crippen molar-refractivity contribution in [3.63, 3.8) is 0 Å². The van der Waals surface area contributed by atoms with Gasteiger partial charge in [-0.05, 0) is 12.1 Å². The van der Waals surface area contributed by atoms with Crippen LogP contribution in [0.25, 0.3) is 10.9 Å². The molecular weight excluding hydrogens is 332 g/mol. The number of aromatic nitrogens is 2. The van der Waals surface area contributed by atoms with E-state index in [2.05, 4.69) is 15.5 Å². The zero-order valence-corrected chi connectivity index (χ0v) is 12.8. The van der Waals surface area contributed by atoms with Gasteiger partial charge in [0.15, 0.2) is 5.69 Å². The SMILES string of the molecule is O=C(O)CC(NC(=O)c1n[nH]c2ccccc12)c1ccc(F)cc1F. The molecule has 3 rings (SSSR count). The first kappa shape index (κ1) is 16.6. The van der Waals surface area contributed by atoms with Crippen LogP contribution in [0.5, 0.6) is 0 Å². The number of aliphatic carboxylic acids is 1. The summed E-state index contributed by atoms with van der Waals surface area (Å²) in [5, 5.41) is 18.7. The Morgan fingerprint density at radius 2 is 1.96 bits per heavy atom. The van der Waals surface area contributed by atoms with Crippen LogP contribution in [0.4, 0.5) is 8.78 Å². The quantitative estimate of drug-likeness (QED) is 0.663. The Morgan fingerprint density at radius 1 is 1.20 bits per heavy atom. The maximum absolute atomic E-state index is 14.0. The van der Waals surface area contributed by atoms with Crippen molar-refractivity contribution in [2.75, 3.05) is 0 Å². The number of nitrogens with one attached hydrogen (secondary N) is 2. The highest BCUT2D eigenvalue weighted by molar-refractivity contribution is 6.04. The van der Waals surface area contributed by atoms with E-state index in [0.29, 0.717) is 17.0 Å². The van der Waals surface area contributed by atoms with E-state index in [1.807, 2.05) is 0 Å². The average molecular weight is 345 g/mol. The number of hydrogen-bond acceptors (Lipinski definition) is 3. The average Bonchev–Trinajstić information content (AvgIpc) is 2.98. The van der Waals surface area contributed by atoms with E-state index in [4.69, 9.17) is 5.11 Å². The Hall–Kier alpha value is -3.29. The molecule has 8 heteroatoms. The van der Waals surface area contributed by atoms with Crippen molar-refractivity contribution in [1.82, 2.24) is 15.5 Å². The largest absolute Gasteiger partial charge is 0.481 e. The number of nitrogens with zero attached hydrogens (tertiary/aromatic N) is 1. The van der Waals surface area contributed by atoms with Gasteiger partial charge in [0.1, 0.15) is 11.6 Å². The van der Waals surface area contributed by atoms with E-state index in [9.17, 15) is 18.4 Å². The predicted octanol–water partition coefficient (Wildman–Crippen LogP) is 2.79. The van der Waals surface area contributed by atoms with E-state index in [0.717, 1.165) is 12.1 Å². The van der Waals surface area contributed by atoms with Gasteiger partial charge in [0, 0.05) is 17.0 Å². The molecule has 0 fully saturated rings. The van der Waals surface area contributed by atoms with Gasteiger partial charge in [-0.1, -0.05) is 24.3 Å². The number of carbonyl (C=O) groups excluding carboxylic acids is 1. The van der Waals surface area contributed by atoms with Crippen molar-refractivity contribution < 1.29 is 23.5 Å². The Labute approximate surface area is 140 Å². The molecule has 1 atom stereocenters. The number of halogens is 2. The lowest BCUT2D eigenvalue weighted by molar-refractivity contribution is -0.137. The molecule has 128 valence electrons. The fraction of sp³-hybridized carbons (Fsp3) is 0.118. The summed E-state index contributed by atoms with van der Waals surface area (Å²) in [5.74, 6) is -3.62. The molecule has 3 aromatic rings. The predicted molar refractivity (Wildman–Crippen MR) is 84.9 cm³/mol. The number of carbonyl (C=O) groups is 2. The molecule has 0 spiro atoms. The molecule has 6 nitrogen and oxygen atoms in total. The minimum atomic E-state index is -1.24. The maximum Gasteiger partial charge on any atom is 0.305 e. The monoisotopic (exact) mass is 345 g/mol. The van der Waals surface area contributed by atoms with Gasteiger partial charge in [0.25, 0.3) is 5.91 Å². The van der Waals surface area contributed by atoms with Gasteiger partial charge in [-0.15, -0.1) is 0 Å². The molecule has 0 saturated carbocycles. The van der Waals surface area contributed by atoms with Gasteiger partial charge in [-0.2, -0.15) is 5.10 Å². The van der Waals surface area contributed by atoms with Crippen LogP contribution in [0.2, 0.25) is 0 Å². The fourth-order valence-corrected chi connectivity index (χ4v) is 2.56. The van der Waals surface area contributed by atoms with E-state index < -0.39 is 36.0 Å². The number of carboxylic acid groups (broad SMARTS) is 1. The minimum absolute atomic E-state index is 0.0634. The smallest absolute Gasteiger partial charge is 0.305 e. The van der Waals surface area contributed by atoms with Gasteiger partial charge >= 0.3 is 5.97 Å². The summed E-state index contributed by atoms with van der Waals surface area (Å²) in [4.78, 5) is 23.6. The van der Waals surface area contributed by atoms with Crippen molar-refractivity contribution >= 4 is 22.8 Å². The van der Waals surface area contributed by atoms with E-state index in [-0.39, 0.29) is 11.3 Å². The first-order valence-corrected chi connectivity index (χ1v) is 7.36. The Bertz CT molecular complexity index is 955. The van der Waals surface area contributed by atoms with Crippen LogP contribution < -0.4 is 5.32 Å². The number of carboxylic acids is 1. The summed E-state index contributed by atoms with van der Waals surface area (Å²) in [7, 11) is 0. The summed E-state index contributed by atoms with van der Waals surface area (Å²) >= 11 is 0. The molecule has 1 heterocycles. The lowest BCUT2D eigenvalue weighted by atomic mass is 10.0. The second kappa shape index (κ2) is 6.68. The second-order valence-electron chi connectivity index (χ2n) is 5.41. The molecule has 1 unspecified atom stereocenters. The molecule has 0 radical (unpaired) electrons. The lowest BCUT2D eigenvalue weighted by Gasteiger charge is -2.17. The number of hydrogen-bond donors (Lipinski definition) is 3. The van der Waals surface area contributed by atoms with Crippen molar-refractivity contribution in [3.05, 3.63) is 65.4 Å². The van der Waals surface area contributed by atoms with Crippen LogP contribution in [-0.4, -0.2) is 27.2 Å². The molecule has 0 aliphatic carbocycles. The Balaban J connectivity index is 1.92. The number of aromatic amines is 1. The van der Waals surface area contributed by atoms with E-state index >= 15 is 0 Å². The van der Waals surface area contributed by atoms with Crippen LogP contribution in [0.3, 0.4) is 0 Å². The van der Waals surface area contributed by atoms with Crippen LogP contribution in [-0.2, 0) is 4.79 Å². The third kappa shape index (κ3) is 3.47. The third-order valence-corrected chi connectivity index (χ3v) is 3.71. The molecule has 0 aliphatic rings. The highest BCUT2D eigenvalue weighted by Crippen LogP contribution is 2.23. The van der Waals surface area contributed by atoms with Crippen molar-refractivity contribution in [1.29, 1.82) is 0 Å². The number of H-pyrrole nitrogens is 1. The molecule has 1 amide bonds. The number of para-hydroxylation sites is 1. The highest BCUT2D eigenvalue weighted by Gasteiger charge is 2.24. The second-order valence-corrected chi connectivity index (χ2v) is 5.41. The zero-order chi connectivity index (χ0) is 18.0. The number of fused-ring (bicyclic) bond motifs is 1. The van der Waals surface area contributed by atoms with Crippen molar-refractivity contribution in [2.24, 2.45) is 0 Å². The van der Waals surface area contributed by atoms with Gasteiger partial charge in [0.05, 0.1) is 18.0 Å². The molecule has 3 N–H and O–H groups in total. The normalized spacial score (nSPS) is 12.1. The van der Waals surface area contributed by atoms with Crippen molar-refractivity contribution in [2.45, 2.75) is 12.5 Å². The highest BCUT2D eigenvalue weighted by atomic mass is 19.1. The first-order chi connectivity index (χ1) is 12.0. The molecule has 1 aromatic heterocycles. The number of amides is 1. The summed E-state index contributed by atoms with van der Waals surface area (Å²) in [5.41, 5.74) is 0.584. The van der Waals surface area contributed by atoms with Gasteiger partial charge in [-0.3, -0.25) is 14.7 Å². The fourth-order valence-electron chi connectivity index (χ4n) is 2.56. The third-order valence-electron chi connectivity index (χ3n) is 3.71. The van der Waals surface area contributed by atoms with Gasteiger partial charge in [0.2, 0.25) is 0 Å². The molecular formula is C17H13F2N3O3. The first-order valence-electron chi connectivity index (χ1n) is 7.36. The molecule has 2 aromatic carbocycles. The maximum atomic E-state index is 14.0. The minimum Gasteiger partial charge on any atom is -0.481 e. The lowest BCUT2D eigenvalue weighted by Crippen LogP contribution is -2.31. The Kier molecular flexibility index (Phi) is 4.42. The summed E-state index contributed by atoms with van der Waals surface area (Å²) in [6.45, 7) is 0.